The molecule has 4 heterocycles. The van der Waals surface area contributed by atoms with Gasteiger partial charge in [0.25, 0.3) is 0 Å². The van der Waals surface area contributed by atoms with Crippen molar-refractivity contribution in [2.45, 2.75) is 0 Å². The summed E-state index contributed by atoms with van der Waals surface area (Å²) < 4.78 is 19.8. The van der Waals surface area contributed by atoms with Crippen LogP contribution in [0.5, 0.6) is 0 Å². The summed E-state index contributed by atoms with van der Waals surface area (Å²) in [5.74, 6) is 1.62. The van der Waals surface area contributed by atoms with E-state index < -0.39 is 0 Å². The first-order valence-electron chi connectivity index (χ1n) is 16.2. The van der Waals surface area contributed by atoms with Gasteiger partial charge in [0.1, 0.15) is 33.5 Å². The van der Waals surface area contributed by atoms with Crippen LogP contribution >= 0.6 is 0 Å². The van der Waals surface area contributed by atoms with E-state index in [-0.39, 0.29) is 0 Å². The lowest BCUT2D eigenvalue weighted by molar-refractivity contribution is 0.665. The molecule has 0 saturated carbocycles. The lowest BCUT2D eigenvalue weighted by atomic mass is 9.98. The topological polar surface area (TPSA) is 78.1 Å². The maximum Gasteiger partial charge on any atom is 0.167 e. The second kappa shape index (κ2) is 9.86. The summed E-state index contributed by atoms with van der Waals surface area (Å²) in [6.07, 6.45) is 0. The zero-order chi connectivity index (χ0) is 32.1. The lowest BCUT2D eigenvalue weighted by Crippen LogP contribution is -2.00. The number of nitrogens with zero attached hydrogens (tertiary/aromatic N) is 3. The lowest BCUT2D eigenvalue weighted by Gasteiger charge is -2.09. The summed E-state index contributed by atoms with van der Waals surface area (Å²) in [6.45, 7) is 0. The Morgan fingerprint density at radius 3 is 1.67 bits per heavy atom. The first kappa shape index (κ1) is 26.3. The highest BCUT2D eigenvalue weighted by Crippen LogP contribution is 2.47. The minimum Gasteiger partial charge on any atom is -0.455 e. The van der Waals surface area contributed by atoms with E-state index in [2.05, 4.69) is 48.5 Å². The molecule has 0 aliphatic rings. The Kier molecular flexibility index (Phi) is 5.29. The van der Waals surface area contributed by atoms with E-state index in [1.165, 1.54) is 0 Å². The van der Waals surface area contributed by atoms with Gasteiger partial charge < -0.3 is 13.3 Å². The van der Waals surface area contributed by atoms with E-state index in [4.69, 9.17) is 28.2 Å². The van der Waals surface area contributed by atoms with E-state index in [9.17, 15) is 0 Å². The molecule has 49 heavy (non-hydrogen) atoms. The fourth-order valence-electron chi connectivity index (χ4n) is 7.39. The summed E-state index contributed by atoms with van der Waals surface area (Å²) in [4.78, 5) is 15.4. The largest absolute Gasteiger partial charge is 0.455 e. The average molecular weight is 630 g/mol. The van der Waals surface area contributed by atoms with Crippen LogP contribution in [-0.2, 0) is 0 Å². The van der Waals surface area contributed by atoms with Crippen molar-refractivity contribution in [3.05, 3.63) is 140 Å². The van der Waals surface area contributed by atoms with Gasteiger partial charge in [-0.05, 0) is 29.7 Å². The molecule has 0 aliphatic carbocycles. The summed E-state index contributed by atoms with van der Waals surface area (Å²) in [6, 6.07) is 46.8. The van der Waals surface area contributed by atoms with Crippen molar-refractivity contribution in [1.29, 1.82) is 0 Å². The second-order valence-electron chi connectivity index (χ2n) is 12.3. The molecule has 4 aromatic heterocycles. The molecule has 0 radical (unpaired) electrons. The number of rotatable bonds is 3. The molecule has 0 unspecified atom stereocenters. The van der Waals surface area contributed by atoms with Crippen molar-refractivity contribution in [3.63, 3.8) is 0 Å². The van der Waals surface area contributed by atoms with Gasteiger partial charge in [-0.2, -0.15) is 0 Å². The Balaban J connectivity index is 1.26. The first-order chi connectivity index (χ1) is 24.3. The predicted octanol–water partition coefficient (Wildman–Crippen LogP) is 11.7. The molecule has 11 aromatic rings. The standard InChI is InChI=1S/C43H23N3O3/c1-2-12-24(13-3-1)41-44-42(46-43(45-41)31-20-10-18-27-25-14-6-8-21-32(25)47-38(27)31)30-19-11-23-34-36(30)37-39(49-34)28-16-5-4-15-26(28)35-29-17-7-9-22-33(29)48-40(35)37/h1-23H. The summed E-state index contributed by atoms with van der Waals surface area (Å²) in [7, 11) is 0. The Morgan fingerprint density at radius 1 is 0.306 bits per heavy atom. The van der Waals surface area contributed by atoms with E-state index in [1.54, 1.807) is 0 Å². The quantitative estimate of drug-likeness (QED) is 0.193. The van der Waals surface area contributed by atoms with Crippen LogP contribution in [0.2, 0.25) is 0 Å². The molecule has 0 saturated heterocycles. The number of benzene rings is 7. The molecule has 0 fully saturated rings. The second-order valence-corrected chi connectivity index (χ2v) is 12.3. The summed E-state index contributed by atoms with van der Waals surface area (Å²) in [5, 5.41) is 8.10. The maximum absolute atomic E-state index is 6.71. The van der Waals surface area contributed by atoms with Crippen LogP contribution in [0.3, 0.4) is 0 Å². The van der Waals surface area contributed by atoms with Gasteiger partial charge in [-0.25, -0.2) is 15.0 Å². The predicted molar refractivity (Wildman–Crippen MR) is 195 cm³/mol. The van der Waals surface area contributed by atoms with E-state index in [0.717, 1.165) is 93.3 Å². The molecule has 0 aliphatic heterocycles. The maximum atomic E-state index is 6.71. The third kappa shape index (κ3) is 3.74. The number of hydrogen-bond donors (Lipinski definition) is 0. The van der Waals surface area contributed by atoms with Gasteiger partial charge in [0.2, 0.25) is 0 Å². The van der Waals surface area contributed by atoms with Gasteiger partial charge in [-0.3, -0.25) is 0 Å². The number of fused-ring (bicyclic) bond motifs is 13. The van der Waals surface area contributed by atoms with Gasteiger partial charge in [0.05, 0.1) is 10.9 Å². The molecule has 0 spiro atoms. The molecule has 0 amide bonds. The van der Waals surface area contributed by atoms with Gasteiger partial charge in [0.15, 0.2) is 17.5 Å². The highest BCUT2D eigenvalue weighted by molar-refractivity contribution is 6.34. The van der Waals surface area contributed by atoms with E-state index in [0.29, 0.717) is 17.5 Å². The van der Waals surface area contributed by atoms with Crippen LogP contribution in [0.4, 0.5) is 0 Å². The van der Waals surface area contributed by atoms with Gasteiger partial charge in [-0.1, -0.05) is 115 Å². The van der Waals surface area contributed by atoms with Crippen LogP contribution in [0.15, 0.2) is 153 Å². The first-order valence-corrected chi connectivity index (χ1v) is 16.2. The average Bonchev–Trinajstić information content (AvgIpc) is 3.87. The highest BCUT2D eigenvalue weighted by atomic mass is 16.3. The van der Waals surface area contributed by atoms with Crippen LogP contribution < -0.4 is 0 Å². The van der Waals surface area contributed by atoms with Crippen molar-refractivity contribution in [1.82, 2.24) is 15.0 Å². The minimum atomic E-state index is 0.526. The Morgan fingerprint density at radius 2 is 0.837 bits per heavy atom. The molecule has 6 nitrogen and oxygen atoms in total. The Hall–Kier alpha value is -6.79. The number of aromatic nitrogens is 3. The normalized spacial score (nSPS) is 12.1. The smallest absolute Gasteiger partial charge is 0.167 e. The molecule has 7 aromatic carbocycles. The van der Waals surface area contributed by atoms with Gasteiger partial charge >= 0.3 is 0 Å². The summed E-state index contributed by atoms with van der Waals surface area (Å²) >= 11 is 0. The molecule has 6 heteroatoms. The molecule has 0 bridgehead atoms. The molecule has 0 N–H and O–H groups in total. The zero-order valence-corrected chi connectivity index (χ0v) is 25.8. The molecular weight excluding hydrogens is 606 g/mol. The van der Waals surface area contributed by atoms with Crippen molar-refractivity contribution < 1.29 is 13.3 Å². The SMILES string of the molecule is c1ccc(-c2nc(-c3cccc4c3oc3ccccc34)nc(-c3cccc4oc5c6ccccc6c6c7ccccc7oc6c5c34)n2)cc1. The van der Waals surface area contributed by atoms with E-state index in [1.807, 2.05) is 91.0 Å². The van der Waals surface area contributed by atoms with Crippen LogP contribution in [0, 0.1) is 0 Å². The highest BCUT2D eigenvalue weighted by Gasteiger charge is 2.24. The van der Waals surface area contributed by atoms with Crippen LogP contribution in [-0.4, -0.2) is 15.0 Å². The Labute approximate surface area is 277 Å². The van der Waals surface area contributed by atoms with E-state index >= 15 is 0 Å². The molecular formula is C43H23N3O3. The fraction of sp³-hybridized carbons (Fsp3) is 0. The monoisotopic (exact) mass is 629 g/mol. The molecule has 11 rings (SSSR count). The number of furan rings is 3. The number of hydrogen-bond acceptors (Lipinski definition) is 6. The molecule has 228 valence electrons. The van der Waals surface area contributed by atoms with Gasteiger partial charge in [-0.15, -0.1) is 0 Å². The third-order valence-electron chi connectivity index (χ3n) is 9.53. The summed E-state index contributed by atoms with van der Waals surface area (Å²) in [5.41, 5.74) is 7.18. The number of para-hydroxylation sites is 3. The van der Waals surface area contributed by atoms with Crippen molar-refractivity contribution in [2.75, 3.05) is 0 Å². The Bertz CT molecular complexity index is 3120. The zero-order valence-electron chi connectivity index (χ0n) is 25.8. The van der Waals surface area contributed by atoms with Crippen LogP contribution in [0.25, 0.3) is 111 Å². The fourth-order valence-corrected chi connectivity index (χ4v) is 7.39. The van der Waals surface area contributed by atoms with Gasteiger partial charge in [0, 0.05) is 43.4 Å². The third-order valence-corrected chi connectivity index (χ3v) is 9.53. The minimum absolute atomic E-state index is 0.526. The molecule has 0 atom stereocenters. The van der Waals surface area contributed by atoms with Crippen molar-refractivity contribution >= 4 is 76.6 Å². The van der Waals surface area contributed by atoms with Crippen LogP contribution in [0.1, 0.15) is 0 Å². The van der Waals surface area contributed by atoms with Crippen molar-refractivity contribution in [3.8, 4) is 34.2 Å². The van der Waals surface area contributed by atoms with Crippen molar-refractivity contribution in [2.24, 2.45) is 0 Å².